The predicted octanol–water partition coefficient (Wildman–Crippen LogP) is 17.5. The van der Waals surface area contributed by atoms with Gasteiger partial charge in [-0.2, -0.15) is 5.26 Å². The van der Waals surface area contributed by atoms with E-state index in [0.717, 1.165) is 67.5 Å². The summed E-state index contributed by atoms with van der Waals surface area (Å²) in [4.78, 5) is 30.6. The molecule has 10 aromatic rings. The maximum absolute atomic E-state index is 11.6. The molecular formula is C68H46N4O6. The molecule has 0 heterocycles. The maximum atomic E-state index is 11.6. The van der Waals surface area contributed by atoms with Crippen LogP contribution >= 0.6 is 0 Å². The second-order valence-corrected chi connectivity index (χ2v) is 17.8. The fourth-order valence-electron chi connectivity index (χ4n) is 8.84. The number of hydrogen-bond acceptors (Lipinski definition) is 7. The summed E-state index contributed by atoms with van der Waals surface area (Å²) in [5.74, 6) is 0.157. The first-order valence-corrected chi connectivity index (χ1v) is 24.7. The monoisotopic (exact) mass is 1010 g/mol. The van der Waals surface area contributed by atoms with Crippen LogP contribution in [0, 0.1) is 17.9 Å². The van der Waals surface area contributed by atoms with Crippen LogP contribution in [0.1, 0.15) is 11.1 Å². The highest BCUT2D eigenvalue weighted by Crippen LogP contribution is 2.40. The Morgan fingerprint density at radius 1 is 0.385 bits per heavy atom. The maximum Gasteiger partial charge on any atom is 0.346 e. The van der Waals surface area contributed by atoms with Crippen molar-refractivity contribution < 1.29 is 29.3 Å². The van der Waals surface area contributed by atoms with Gasteiger partial charge in [0.15, 0.2) is 0 Å². The van der Waals surface area contributed by atoms with Crippen LogP contribution in [0.4, 0.5) is 34.1 Å². The normalized spacial score (nSPS) is 11.2. The molecule has 2 N–H and O–H groups in total. The summed E-state index contributed by atoms with van der Waals surface area (Å²) < 4.78 is 12.5. The van der Waals surface area contributed by atoms with Crippen LogP contribution < -0.4 is 19.3 Å². The summed E-state index contributed by atoms with van der Waals surface area (Å²) in [5, 5.41) is 28.3. The number of anilines is 6. The van der Waals surface area contributed by atoms with Crippen LogP contribution in [0.15, 0.2) is 266 Å². The number of ether oxygens (including phenoxy) is 2. The van der Waals surface area contributed by atoms with E-state index in [9.17, 15) is 25.1 Å². The second kappa shape index (κ2) is 23.3. The molecule has 0 atom stereocenters. The van der Waals surface area contributed by atoms with E-state index in [-0.39, 0.29) is 11.3 Å². The van der Waals surface area contributed by atoms with Gasteiger partial charge in [0.2, 0.25) is 0 Å². The second-order valence-electron chi connectivity index (χ2n) is 17.8. The largest absolute Gasteiger partial charge is 0.486 e. The van der Waals surface area contributed by atoms with E-state index in [1.165, 1.54) is 12.2 Å². The Morgan fingerprint density at radius 2 is 0.654 bits per heavy atom. The fraction of sp³-hybridized carbons (Fsp3) is 0. The number of benzene rings is 10. The van der Waals surface area contributed by atoms with Crippen molar-refractivity contribution >= 4 is 58.2 Å². The van der Waals surface area contributed by atoms with Gasteiger partial charge in [0.1, 0.15) is 34.6 Å². The van der Waals surface area contributed by atoms with Gasteiger partial charge in [-0.15, -0.1) is 0 Å². The third-order valence-corrected chi connectivity index (χ3v) is 12.8. The summed E-state index contributed by atoms with van der Waals surface area (Å²) in [7, 11) is 0. The minimum absolute atomic E-state index is 0.360. The van der Waals surface area contributed by atoms with Crippen LogP contribution in [0.3, 0.4) is 0 Å². The van der Waals surface area contributed by atoms with Crippen molar-refractivity contribution in [2.24, 2.45) is 0 Å². The molecule has 374 valence electrons. The van der Waals surface area contributed by atoms with Crippen LogP contribution in [0.2, 0.25) is 0 Å². The smallest absolute Gasteiger partial charge is 0.346 e. The van der Waals surface area contributed by atoms with E-state index in [4.69, 9.17) is 16.0 Å². The van der Waals surface area contributed by atoms with Gasteiger partial charge in [0, 0.05) is 34.1 Å². The number of nitrogens with zero attached hydrogens (tertiary/aromatic N) is 4. The minimum Gasteiger partial charge on any atom is -0.486 e. The zero-order valence-corrected chi connectivity index (χ0v) is 41.7. The lowest BCUT2D eigenvalue weighted by atomic mass is 10.0. The molecule has 0 aromatic heterocycles. The van der Waals surface area contributed by atoms with Crippen molar-refractivity contribution in [1.82, 2.24) is 0 Å². The third kappa shape index (κ3) is 11.9. The molecule has 0 fully saturated rings. The molecule has 78 heavy (non-hydrogen) atoms. The SMILES string of the molecule is [C-]#[N+]/C(=C\c1ccc(N(c2ccc(Oc3ccc(-c4ccccc4)cc3)cc2)c2ccc(-c3ccc(N(c4ccc(/C=C(\C#N)C(=O)O)cc4)c4ccc(Oc5ccc(-c6ccccc6)cc5)cc4)cc3)cc2)cc1)C(=O)O. The molecule has 0 saturated carbocycles. The minimum atomic E-state index is -1.29. The standard InChI is InChI=1S/C68H46N4O6/c1-70-66(68(75)76)45-48-14-26-57(27-15-48)72(61-34-42-65(43-35-61)78-63-38-22-54(23-39-63)50-10-6-3-7-11-50)59-30-18-52(19-31-59)51-16-28-58(29-17-51)71(56-24-12-47(13-25-56)44-55(46-69)67(73)74)60-32-40-64(41-33-60)77-62-36-20-53(21-37-62)49-8-4-2-5-9-49/h2-45H,(H,73,74)(H,75,76)/b55-44+,66-45-. The molecule has 0 unspecified atom stereocenters. The Bertz CT molecular complexity index is 3590. The summed E-state index contributed by atoms with van der Waals surface area (Å²) in [6, 6.07) is 84.7. The summed E-state index contributed by atoms with van der Waals surface area (Å²) in [5.41, 5.74) is 11.8. The van der Waals surface area contributed by atoms with E-state index >= 15 is 0 Å². The van der Waals surface area contributed by atoms with Gasteiger partial charge < -0.3 is 29.5 Å². The first-order chi connectivity index (χ1) is 38.2. The molecule has 0 bridgehead atoms. The number of nitriles is 1. The van der Waals surface area contributed by atoms with Gasteiger partial charge >= 0.3 is 11.9 Å². The summed E-state index contributed by atoms with van der Waals surface area (Å²) >= 11 is 0. The van der Waals surface area contributed by atoms with Gasteiger partial charge in [-0.25, -0.2) is 9.64 Å². The Balaban J connectivity index is 0.918. The van der Waals surface area contributed by atoms with Crippen LogP contribution in [0.25, 0.3) is 50.4 Å². The predicted molar refractivity (Wildman–Crippen MR) is 309 cm³/mol. The zero-order valence-electron chi connectivity index (χ0n) is 41.7. The molecule has 0 saturated heterocycles. The molecule has 10 nitrogen and oxygen atoms in total. The molecule has 10 heteroatoms. The fourth-order valence-corrected chi connectivity index (χ4v) is 8.84. The number of carbonyl (C=O) groups is 2. The van der Waals surface area contributed by atoms with Crippen LogP contribution in [-0.4, -0.2) is 22.2 Å². The van der Waals surface area contributed by atoms with Gasteiger partial charge in [0.05, 0.1) is 6.57 Å². The van der Waals surface area contributed by atoms with Crippen LogP contribution in [0.5, 0.6) is 23.0 Å². The molecule has 0 radical (unpaired) electrons. The molecule has 10 rings (SSSR count). The number of hydrogen-bond donors (Lipinski definition) is 2. The van der Waals surface area contributed by atoms with E-state index in [1.54, 1.807) is 30.3 Å². The average Bonchev–Trinajstić information content (AvgIpc) is 3.51. The van der Waals surface area contributed by atoms with Crippen molar-refractivity contribution in [3.05, 3.63) is 289 Å². The first-order valence-electron chi connectivity index (χ1n) is 24.7. The molecule has 0 aliphatic carbocycles. The molecular weight excluding hydrogens is 969 g/mol. The van der Waals surface area contributed by atoms with Gasteiger partial charge in [-0.3, -0.25) is 4.79 Å². The van der Waals surface area contributed by atoms with Gasteiger partial charge in [-0.1, -0.05) is 133 Å². The molecule has 10 aromatic carbocycles. The Hall–Kier alpha value is -11.2. The van der Waals surface area contributed by atoms with E-state index in [0.29, 0.717) is 34.1 Å². The van der Waals surface area contributed by atoms with E-state index < -0.39 is 11.9 Å². The highest BCUT2D eigenvalue weighted by atomic mass is 16.5. The number of rotatable bonds is 17. The summed E-state index contributed by atoms with van der Waals surface area (Å²) in [6.07, 6.45) is 2.70. The molecule has 0 aliphatic heterocycles. The molecule has 0 aliphatic rings. The van der Waals surface area contributed by atoms with Crippen molar-refractivity contribution in [3.63, 3.8) is 0 Å². The Kier molecular flexibility index (Phi) is 15.1. The lowest BCUT2D eigenvalue weighted by Crippen LogP contribution is -2.10. The Labute approximate surface area is 451 Å². The third-order valence-electron chi connectivity index (χ3n) is 12.8. The Morgan fingerprint density at radius 3 is 0.949 bits per heavy atom. The lowest BCUT2D eigenvalue weighted by Gasteiger charge is -2.26. The number of carboxylic acids is 2. The van der Waals surface area contributed by atoms with Crippen molar-refractivity contribution in [1.29, 1.82) is 5.26 Å². The number of carboxylic acid groups (broad SMARTS) is 2. The highest BCUT2D eigenvalue weighted by molar-refractivity contribution is 5.97. The van der Waals surface area contributed by atoms with Crippen molar-refractivity contribution in [2.75, 3.05) is 9.80 Å². The lowest BCUT2D eigenvalue weighted by molar-refractivity contribution is -0.133. The zero-order chi connectivity index (χ0) is 53.8. The topological polar surface area (TPSA) is 128 Å². The average molecular weight is 1020 g/mol. The quantitative estimate of drug-likeness (QED) is 0.0520. The van der Waals surface area contributed by atoms with E-state index in [1.807, 2.05) is 182 Å². The van der Waals surface area contributed by atoms with Gasteiger partial charge in [0.25, 0.3) is 5.70 Å². The van der Waals surface area contributed by atoms with E-state index in [2.05, 4.69) is 63.2 Å². The van der Waals surface area contributed by atoms with Crippen molar-refractivity contribution in [3.8, 4) is 62.4 Å². The molecule has 0 amide bonds. The number of aliphatic carboxylic acids is 2. The first kappa shape index (κ1) is 50.3. The van der Waals surface area contributed by atoms with Gasteiger partial charge in [-0.05, 0) is 178 Å². The highest BCUT2D eigenvalue weighted by Gasteiger charge is 2.17. The molecule has 0 spiro atoms. The van der Waals surface area contributed by atoms with Crippen molar-refractivity contribution in [2.45, 2.75) is 0 Å². The van der Waals surface area contributed by atoms with Crippen LogP contribution in [-0.2, 0) is 9.59 Å². The summed E-state index contributed by atoms with van der Waals surface area (Å²) in [6.45, 7) is 7.31.